The number of aromatic amines is 1. The van der Waals surface area contributed by atoms with Gasteiger partial charge in [-0.15, -0.1) is 21.5 Å². The molecule has 5 aromatic rings. The zero-order valence-electron chi connectivity index (χ0n) is 15.6. The molecule has 7 nitrogen and oxygen atoms in total. The van der Waals surface area contributed by atoms with Gasteiger partial charge in [-0.2, -0.15) is 5.21 Å². The van der Waals surface area contributed by atoms with Gasteiger partial charge in [-0.3, -0.25) is 0 Å². The van der Waals surface area contributed by atoms with Gasteiger partial charge in [0.05, 0.1) is 0 Å². The molecule has 8 heteroatoms. The summed E-state index contributed by atoms with van der Waals surface area (Å²) in [7, 11) is 0. The molecule has 144 valence electrons. The molecule has 0 amide bonds. The highest BCUT2D eigenvalue weighted by molar-refractivity contribution is 7.13. The number of thiazole rings is 1. The number of aromatic nitrogens is 5. The topological polar surface area (TPSA) is 89.7 Å². The predicted molar refractivity (Wildman–Crippen MR) is 110 cm³/mol. The van der Waals surface area contributed by atoms with E-state index >= 15 is 0 Å². The highest BCUT2D eigenvalue weighted by atomic mass is 32.1. The van der Waals surface area contributed by atoms with Crippen molar-refractivity contribution < 1.29 is 9.15 Å². The van der Waals surface area contributed by atoms with E-state index in [2.05, 4.69) is 37.7 Å². The number of benzene rings is 2. The first kappa shape index (κ1) is 17.6. The Morgan fingerprint density at radius 3 is 2.79 bits per heavy atom. The lowest BCUT2D eigenvalue weighted by Gasteiger charge is -2.10. The largest absolute Gasteiger partial charge is 0.489 e. The molecule has 1 N–H and O–H groups in total. The van der Waals surface area contributed by atoms with Crippen LogP contribution >= 0.6 is 11.3 Å². The third-order valence-electron chi connectivity index (χ3n) is 4.57. The first-order chi connectivity index (χ1) is 14.2. The van der Waals surface area contributed by atoms with Crippen molar-refractivity contribution in [1.29, 1.82) is 0 Å². The van der Waals surface area contributed by atoms with E-state index in [-0.39, 0.29) is 0 Å². The molecule has 0 atom stereocenters. The van der Waals surface area contributed by atoms with Crippen LogP contribution in [0, 0.1) is 6.92 Å². The Balaban J connectivity index is 1.35. The summed E-state index contributed by atoms with van der Waals surface area (Å²) in [5, 5.41) is 18.1. The highest BCUT2D eigenvalue weighted by Crippen LogP contribution is 2.32. The summed E-state index contributed by atoms with van der Waals surface area (Å²) in [6.07, 6.45) is 0.605. The molecule has 0 aliphatic carbocycles. The fourth-order valence-electron chi connectivity index (χ4n) is 3.14. The number of hydrogen-bond donors (Lipinski definition) is 1. The number of rotatable bonds is 6. The third kappa shape index (κ3) is 3.74. The lowest BCUT2D eigenvalue weighted by molar-refractivity contribution is 0.305. The maximum atomic E-state index is 6.06. The van der Waals surface area contributed by atoms with Gasteiger partial charge in [0.2, 0.25) is 0 Å². The SMILES string of the molecule is Cc1csc(-c2cc3cc(OCc4ccccc4Cc4nn[nH]n4)ccc3o2)n1. The van der Waals surface area contributed by atoms with Crippen LogP contribution in [-0.2, 0) is 13.0 Å². The molecule has 0 saturated carbocycles. The number of fused-ring (bicyclic) bond motifs is 1. The Hall–Kier alpha value is -3.52. The fourth-order valence-corrected chi connectivity index (χ4v) is 3.89. The van der Waals surface area contributed by atoms with E-state index in [1.165, 1.54) is 0 Å². The van der Waals surface area contributed by atoms with Gasteiger partial charge in [0.25, 0.3) is 0 Å². The van der Waals surface area contributed by atoms with Crippen LogP contribution in [0.4, 0.5) is 0 Å². The van der Waals surface area contributed by atoms with E-state index in [0.717, 1.165) is 44.3 Å². The first-order valence-corrected chi connectivity index (χ1v) is 10.0. The number of nitrogens with zero attached hydrogens (tertiary/aromatic N) is 4. The molecule has 5 rings (SSSR count). The minimum Gasteiger partial charge on any atom is -0.489 e. The van der Waals surface area contributed by atoms with E-state index in [9.17, 15) is 0 Å². The van der Waals surface area contributed by atoms with Crippen LogP contribution in [0.2, 0.25) is 0 Å². The zero-order chi connectivity index (χ0) is 19.6. The van der Waals surface area contributed by atoms with E-state index in [1.807, 2.05) is 48.7 Å². The molecule has 0 fully saturated rings. The molecule has 0 radical (unpaired) electrons. The van der Waals surface area contributed by atoms with E-state index in [0.29, 0.717) is 18.9 Å². The van der Waals surface area contributed by atoms with Crippen LogP contribution in [0.1, 0.15) is 22.6 Å². The summed E-state index contributed by atoms with van der Waals surface area (Å²) in [5.74, 6) is 2.22. The summed E-state index contributed by atoms with van der Waals surface area (Å²) < 4.78 is 12.0. The Kier molecular flexibility index (Phi) is 4.53. The molecule has 0 saturated heterocycles. The standard InChI is InChI=1S/C21H17N5O2S/c1-13-12-29-21(22-13)19-9-16-8-17(6-7-18(16)28-19)27-11-15-5-3-2-4-14(15)10-20-23-25-26-24-20/h2-9,12H,10-11H2,1H3,(H,23,24,25,26). The summed E-state index contributed by atoms with van der Waals surface area (Å²) in [4.78, 5) is 4.49. The van der Waals surface area contributed by atoms with Gasteiger partial charge in [-0.05, 0) is 42.3 Å². The van der Waals surface area contributed by atoms with Crippen molar-refractivity contribution >= 4 is 22.3 Å². The highest BCUT2D eigenvalue weighted by Gasteiger charge is 2.11. The van der Waals surface area contributed by atoms with Crippen molar-refractivity contribution in [1.82, 2.24) is 25.6 Å². The van der Waals surface area contributed by atoms with Crippen LogP contribution in [0.25, 0.3) is 21.7 Å². The molecule has 0 aliphatic rings. The Morgan fingerprint density at radius 2 is 2.00 bits per heavy atom. The lowest BCUT2D eigenvalue weighted by Crippen LogP contribution is -2.02. The molecule has 0 aliphatic heterocycles. The minimum atomic E-state index is 0.454. The second-order valence-corrected chi connectivity index (χ2v) is 7.52. The Bertz CT molecular complexity index is 1260. The number of aryl methyl sites for hydroxylation is 1. The minimum absolute atomic E-state index is 0.454. The number of hydrogen-bond acceptors (Lipinski definition) is 7. The van der Waals surface area contributed by atoms with Gasteiger partial charge in [-0.1, -0.05) is 29.5 Å². The molecular formula is C21H17N5O2S. The summed E-state index contributed by atoms with van der Waals surface area (Å²) in [6.45, 7) is 2.43. The third-order valence-corrected chi connectivity index (χ3v) is 5.54. The molecule has 0 bridgehead atoms. The average Bonchev–Trinajstić information content (AvgIpc) is 3.47. The van der Waals surface area contributed by atoms with Crippen LogP contribution in [0.3, 0.4) is 0 Å². The van der Waals surface area contributed by atoms with E-state index < -0.39 is 0 Å². The van der Waals surface area contributed by atoms with Gasteiger partial charge in [-0.25, -0.2) is 4.98 Å². The summed E-state index contributed by atoms with van der Waals surface area (Å²) >= 11 is 1.58. The lowest BCUT2D eigenvalue weighted by atomic mass is 10.1. The van der Waals surface area contributed by atoms with E-state index in [1.54, 1.807) is 11.3 Å². The van der Waals surface area contributed by atoms with Gasteiger partial charge < -0.3 is 9.15 Å². The first-order valence-electron chi connectivity index (χ1n) is 9.12. The predicted octanol–water partition coefficient (Wildman–Crippen LogP) is 4.55. The van der Waals surface area contributed by atoms with Gasteiger partial charge in [0, 0.05) is 22.9 Å². The second-order valence-electron chi connectivity index (χ2n) is 6.67. The maximum Gasteiger partial charge on any atom is 0.178 e. The van der Waals surface area contributed by atoms with Crippen molar-refractivity contribution in [2.45, 2.75) is 20.0 Å². The maximum absolute atomic E-state index is 6.06. The van der Waals surface area contributed by atoms with Gasteiger partial charge >= 0.3 is 0 Å². The Labute approximate surface area is 170 Å². The van der Waals surface area contributed by atoms with E-state index in [4.69, 9.17) is 9.15 Å². The molecule has 0 unspecified atom stereocenters. The number of H-pyrrole nitrogens is 1. The van der Waals surface area contributed by atoms with Gasteiger partial charge in [0.1, 0.15) is 17.9 Å². The molecule has 3 aromatic heterocycles. The number of furan rings is 1. The summed E-state index contributed by atoms with van der Waals surface area (Å²) in [5.41, 5.74) is 4.01. The molecular weight excluding hydrogens is 386 g/mol. The number of tetrazole rings is 1. The second kappa shape index (κ2) is 7.48. The van der Waals surface area contributed by atoms with Crippen molar-refractivity contribution in [2.75, 3.05) is 0 Å². The van der Waals surface area contributed by atoms with Gasteiger partial charge in [0.15, 0.2) is 16.6 Å². The number of ether oxygens (including phenoxy) is 1. The molecule has 2 aromatic carbocycles. The van der Waals surface area contributed by atoms with Crippen molar-refractivity contribution in [3.8, 4) is 16.5 Å². The fraction of sp³-hybridized carbons (Fsp3) is 0.143. The zero-order valence-corrected chi connectivity index (χ0v) is 16.4. The van der Waals surface area contributed by atoms with Crippen molar-refractivity contribution in [2.24, 2.45) is 0 Å². The quantitative estimate of drug-likeness (QED) is 0.447. The van der Waals surface area contributed by atoms with Crippen LogP contribution < -0.4 is 4.74 Å². The smallest absolute Gasteiger partial charge is 0.178 e. The molecule has 3 heterocycles. The molecule has 0 spiro atoms. The van der Waals surface area contributed by atoms with Crippen molar-refractivity contribution in [3.63, 3.8) is 0 Å². The Morgan fingerprint density at radius 1 is 1.10 bits per heavy atom. The average molecular weight is 403 g/mol. The number of nitrogens with one attached hydrogen (secondary N) is 1. The monoisotopic (exact) mass is 403 g/mol. The van der Waals surface area contributed by atoms with Crippen molar-refractivity contribution in [3.05, 3.63) is 76.6 Å². The molecule has 29 heavy (non-hydrogen) atoms. The van der Waals surface area contributed by atoms with Crippen LogP contribution in [0.5, 0.6) is 5.75 Å². The van der Waals surface area contributed by atoms with Crippen LogP contribution in [-0.4, -0.2) is 25.6 Å². The summed E-state index contributed by atoms with van der Waals surface area (Å²) in [6, 6.07) is 15.9. The normalized spacial score (nSPS) is 11.2. The van der Waals surface area contributed by atoms with Crippen LogP contribution in [0.15, 0.2) is 58.3 Å².